The number of carbonyl (C=O) groups excluding carboxylic acids is 1. The molecule has 98 valence electrons. The fourth-order valence-electron chi connectivity index (χ4n) is 2.86. The van der Waals surface area contributed by atoms with Crippen molar-refractivity contribution in [2.75, 3.05) is 0 Å². The van der Waals surface area contributed by atoms with E-state index in [4.69, 9.17) is 4.74 Å². The molecule has 0 saturated carbocycles. The van der Waals surface area contributed by atoms with Crippen molar-refractivity contribution in [1.29, 1.82) is 0 Å². The second-order valence-electron chi connectivity index (χ2n) is 5.34. The van der Waals surface area contributed by atoms with Crippen LogP contribution < -0.4 is 0 Å². The first-order chi connectivity index (χ1) is 8.52. The zero-order valence-corrected chi connectivity index (χ0v) is 11.5. The molecule has 2 rings (SSSR count). The van der Waals surface area contributed by atoms with Gasteiger partial charge in [0.05, 0.1) is 12.2 Å². The number of hydrogen-bond donors (Lipinski definition) is 0. The predicted octanol–water partition coefficient (Wildman–Crippen LogP) is 2.81. The molecule has 1 aliphatic rings. The van der Waals surface area contributed by atoms with E-state index < -0.39 is 0 Å². The Bertz CT molecular complexity index is 418. The third kappa shape index (κ3) is 2.32. The predicted molar refractivity (Wildman–Crippen MR) is 70.3 cm³/mol. The van der Waals surface area contributed by atoms with Gasteiger partial charge in [0, 0.05) is 24.2 Å². The highest BCUT2D eigenvalue weighted by atomic mass is 16.5. The average Bonchev–Trinajstić information content (AvgIpc) is 2.63. The number of ketones is 1. The van der Waals surface area contributed by atoms with Crippen molar-refractivity contribution in [3.05, 3.63) is 30.1 Å². The Morgan fingerprint density at radius 2 is 1.83 bits per heavy atom. The van der Waals surface area contributed by atoms with Crippen LogP contribution in [0.15, 0.2) is 24.5 Å². The number of Topliss-reactive ketones (excluding diaryl/α,β-unsaturated/α-hetero) is 1. The Labute approximate surface area is 109 Å². The van der Waals surface area contributed by atoms with Gasteiger partial charge >= 0.3 is 0 Å². The Morgan fingerprint density at radius 1 is 1.22 bits per heavy atom. The van der Waals surface area contributed by atoms with Gasteiger partial charge in [0.15, 0.2) is 0 Å². The van der Waals surface area contributed by atoms with Crippen LogP contribution in [-0.2, 0) is 9.53 Å². The fourth-order valence-corrected chi connectivity index (χ4v) is 2.86. The highest BCUT2D eigenvalue weighted by Crippen LogP contribution is 2.36. The van der Waals surface area contributed by atoms with Crippen molar-refractivity contribution in [1.82, 2.24) is 4.98 Å². The van der Waals surface area contributed by atoms with E-state index >= 15 is 0 Å². The summed E-state index contributed by atoms with van der Waals surface area (Å²) < 4.78 is 5.76. The van der Waals surface area contributed by atoms with Gasteiger partial charge in [-0.1, -0.05) is 13.8 Å². The van der Waals surface area contributed by atoms with E-state index in [1.807, 2.05) is 32.9 Å². The number of hydrogen-bond acceptors (Lipinski definition) is 3. The Kier molecular flexibility index (Phi) is 3.81. The maximum atomic E-state index is 12.6. The summed E-state index contributed by atoms with van der Waals surface area (Å²) in [6.45, 7) is 8.13. The summed E-state index contributed by atoms with van der Waals surface area (Å²) in [6, 6.07) is 3.83. The molecule has 0 amide bonds. The molecule has 3 heteroatoms. The van der Waals surface area contributed by atoms with Gasteiger partial charge in [-0.05, 0) is 37.5 Å². The lowest BCUT2D eigenvalue weighted by Gasteiger charge is -2.21. The number of pyridine rings is 1. The van der Waals surface area contributed by atoms with Gasteiger partial charge in [-0.15, -0.1) is 0 Å². The van der Waals surface area contributed by atoms with Crippen LogP contribution in [0.3, 0.4) is 0 Å². The van der Waals surface area contributed by atoms with Crippen molar-refractivity contribution in [3.63, 3.8) is 0 Å². The number of carbonyl (C=O) groups is 1. The minimum absolute atomic E-state index is 0.00293. The SMILES string of the molecule is CC(C(=O)C1C(C)OC(C)C1C)c1ccncc1. The molecule has 18 heavy (non-hydrogen) atoms. The van der Waals surface area contributed by atoms with Crippen LogP contribution in [-0.4, -0.2) is 23.0 Å². The molecule has 0 bridgehead atoms. The molecular weight excluding hydrogens is 226 g/mol. The Hall–Kier alpha value is -1.22. The first-order valence-corrected chi connectivity index (χ1v) is 6.61. The van der Waals surface area contributed by atoms with E-state index in [1.165, 1.54) is 0 Å². The van der Waals surface area contributed by atoms with Gasteiger partial charge < -0.3 is 4.74 Å². The summed E-state index contributed by atoms with van der Waals surface area (Å²) in [4.78, 5) is 16.6. The van der Waals surface area contributed by atoms with E-state index in [1.54, 1.807) is 12.4 Å². The minimum atomic E-state index is -0.0863. The van der Waals surface area contributed by atoms with Gasteiger partial charge in [-0.2, -0.15) is 0 Å². The second kappa shape index (κ2) is 5.19. The van der Waals surface area contributed by atoms with Crippen LogP contribution in [0.2, 0.25) is 0 Å². The number of ether oxygens (including phenoxy) is 1. The molecule has 2 heterocycles. The van der Waals surface area contributed by atoms with Crippen LogP contribution in [0.4, 0.5) is 0 Å². The van der Waals surface area contributed by atoms with E-state index in [0.717, 1.165) is 5.56 Å². The van der Waals surface area contributed by atoms with Crippen molar-refractivity contribution < 1.29 is 9.53 Å². The summed E-state index contributed by atoms with van der Waals surface area (Å²) in [5.41, 5.74) is 1.04. The zero-order valence-electron chi connectivity index (χ0n) is 11.5. The first-order valence-electron chi connectivity index (χ1n) is 6.61. The number of nitrogens with zero attached hydrogens (tertiary/aromatic N) is 1. The molecule has 1 saturated heterocycles. The molecule has 5 unspecified atom stereocenters. The van der Waals surface area contributed by atoms with E-state index in [2.05, 4.69) is 11.9 Å². The maximum absolute atomic E-state index is 12.6. The monoisotopic (exact) mass is 247 g/mol. The third-order valence-electron chi connectivity index (χ3n) is 4.20. The molecule has 1 aromatic rings. The molecular formula is C15H21NO2. The van der Waals surface area contributed by atoms with Gasteiger partial charge in [-0.25, -0.2) is 0 Å². The van der Waals surface area contributed by atoms with Crippen LogP contribution in [0.25, 0.3) is 0 Å². The average molecular weight is 247 g/mol. The van der Waals surface area contributed by atoms with E-state index in [9.17, 15) is 4.79 Å². The van der Waals surface area contributed by atoms with Gasteiger partial charge in [0.25, 0.3) is 0 Å². The molecule has 5 atom stereocenters. The topological polar surface area (TPSA) is 39.2 Å². The lowest BCUT2D eigenvalue weighted by molar-refractivity contribution is -0.126. The Balaban J connectivity index is 2.17. The number of aromatic nitrogens is 1. The standard InChI is InChI=1S/C15H21NO2/c1-9-11(3)18-12(4)14(9)15(17)10(2)13-5-7-16-8-6-13/h5-12,14H,1-4H3. The van der Waals surface area contributed by atoms with Gasteiger partial charge in [0.2, 0.25) is 0 Å². The summed E-state index contributed by atoms with van der Waals surface area (Å²) in [7, 11) is 0. The lowest BCUT2D eigenvalue weighted by atomic mass is 9.80. The third-order valence-corrected chi connectivity index (χ3v) is 4.20. The van der Waals surface area contributed by atoms with E-state index in [-0.39, 0.29) is 35.7 Å². The molecule has 0 spiro atoms. The highest BCUT2D eigenvalue weighted by Gasteiger charge is 2.42. The van der Waals surface area contributed by atoms with Crippen LogP contribution in [0.1, 0.15) is 39.2 Å². The molecule has 0 aliphatic carbocycles. The molecule has 0 N–H and O–H groups in total. The Morgan fingerprint density at radius 3 is 2.33 bits per heavy atom. The largest absolute Gasteiger partial charge is 0.375 e. The second-order valence-corrected chi connectivity index (χ2v) is 5.34. The fraction of sp³-hybridized carbons (Fsp3) is 0.600. The molecule has 0 radical (unpaired) electrons. The molecule has 1 aromatic heterocycles. The molecule has 1 aliphatic heterocycles. The van der Waals surface area contributed by atoms with Crippen molar-refractivity contribution in [2.24, 2.45) is 11.8 Å². The molecule has 0 aromatic carbocycles. The van der Waals surface area contributed by atoms with Crippen molar-refractivity contribution >= 4 is 5.78 Å². The van der Waals surface area contributed by atoms with Gasteiger partial charge in [-0.3, -0.25) is 9.78 Å². The summed E-state index contributed by atoms with van der Waals surface area (Å²) >= 11 is 0. The van der Waals surface area contributed by atoms with E-state index in [0.29, 0.717) is 0 Å². The molecule has 3 nitrogen and oxygen atoms in total. The maximum Gasteiger partial charge on any atom is 0.146 e. The summed E-state index contributed by atoms with van der Waals surface area (Å²) in [5.74, 6) is 0.488. The first kappa shape index (κ1) is 13.2. The zero-order chi connectivity index (χ0) is 13.3. The summed E-state index contributed by atoms with van der Waals surface area (Å²) in [6.07, 6.45) is 3.66. The summed E-state index contributed by atoms with van der Waals surface area (Å²) in [5, 5.41) is 0. The van der Waals surface area contributed by atoms with Gasteiger partial charge in [0.1, 0.15) is 5.78 Å². The lowest BCUT2D eigenvalue weighted by Crippen LogP contribution is -2.30. The van der Waals surface area contributed by atoms with Crippen LogP contribution >= 0.6 is 0 Å². The molecule has 1 fully saturated rings. The highest BCUT2D eigenvalue weighted by molar-refractivity contribution is 5.88. The van der Waals surface area contributed by atoms with Crippen LogP contribution in [0.5, 0.6) is 0 Å². The van der Waals surface area contributed by atoms with Crippen molar-refractivity contribution in [2.45, 2.75) is 45.8 Å². The quantitative estimate of drug-likeness (QED) is 0.824. The van der Waals surface area contributed by atoms with Crippen LogP contribution in [0, 0.1) is 11.8 Å². The normalized spacial score (nSPS) is 33.3. The number of rotatable bonds is 3. The van der Waals surface area contributed by atoms with Crippen molar-refractivity contribution in [3.8, 4) is 0 Å². The minimum Gasteiger partial charge on any atom is -0.375 e. The smallest absolute Gasteiger partial charge is 0.146 e.